The van der Waals surface area contributed by atoms with E-state index >= 15 is 4.39 Å². The molecule has 10 heteroatoms. The lowest BCUT2D eigenvalue weighted by atomic mass is 9.72. The fourth-order valence-electron chi connectivity index (χ4n) is 4.83. The summed E-state index contributed by atoms with van der Waals surface area (Å²) in [4.78, 5) is 16.4. The lowest BCUT2D eigenvalue weighted by Crippen LogP contribution is -2.55. The Kier molecular flexibility index (Phi) is 6.76. The minimum absolute atomic E-state index is 0.0307. The van der Waals surface area contributed by atoms with Gasteiger partial charge in [-0.1, -0.05) is 38.4 Å². The highest BCUT2D eigenvalue weighted by atomic mass is 35.5. The molecule has 3 unspecified atom stereocenters. The molecule has 8 nitrogen and oxygen atoms in total. The average molecular weight is 526 g/mol. The topological polar surface area (TPSA) is 128 Å². The largest absolute Gasteiger partial charge is 0.494 e. The van der Waals surface area contributed by atoms with Crippen molar-refractivity contribution >= 4 is 17.7 Å². The number of hydrogen-bond acceptors (Lipinski definition) is 7. The number of aliphatic hydroxyl groups excluding tert-OH is 1. The van der Waals surface area contributed by atoms with E-state index in [2.05, 4.69) is 4.98 Å². The molecular weight excluding hydrogens is 501 g/mol. The van der Waals surface area contributed by atoms with E-state index in [1.54, 1.807) is 39.0 Å². The fourth-order valence-corrected chi connectivity index (χ4v) is 5.09. The Morgan fingerprint density at radius 3 is 2.57 bits per heavy atom. The maximum atomic E-state index is 15.7. The Bertz CT molecular complexity index is 1400. The van der Waals surface area contributed by atoms with Gasteiger partial charge < -0.3 is 25.1 Å². The normalized spacial score (nSPS) is 19.4. The molecule has 0 saturated heterocycles. The van der Waals surface area contributed by atoms with Crippen molar-refractivity contribution in [1.29, 1.82) is 5.26 Å². The number of nitrogens with zero attached hydrogens (tertiary/aromatic N) is 2. The predicted molar refractivity (Wildman–Crippen MR) is 134 cm³/mol. The molecule has 3 N–H and O–H groups in total. The van der Waals surface area contributed by atoms with Crippen molar-refractivity contribution in [2.24, 2.45) is 11.1 Å². The molecule has 37 heavy (non-hydrogen) atoms. The monoisotopic (exact) mass is 525 g/mol. The lowest BCUT2D eigenvalue weighted by molar-refractivity contribution is -0.154. The molecule has 192 valence electrons. The zero-order valence-corrected chi connectivity index (χ0v) is 21.3. The van der Waals surface area contributed by atoms with Crippen molar-refractivity contribution < 1.29 is 28.5 Å². The number of carbonyl (C=O) groups excluding carboxylic acids is 1. The van der Waals surface area contributed by atoms with Gasteiger partial charge in [0.25, 0.3) is 0 Å². The van der Waals surface area contributed by atoms with Crippen molar-refractivity contribution in [3.63, 3.8) is 0 Å². The van der Waals surface area contributed by atoms with Gasteiger partial charge in [0.15, 0.2) is 17.7 Å². The van der Waals surface area contributed by atoms with Crippen molar-refractivity contribution in [3.05, 3.63) is 76.3 Å². The van der Waals surface area contributed by atoms with Crippen LogP contribution in [0.25, 0.3) is 11.1 Å². The highest BCUT2D eigenvalue weighted by Crippen LogP contribution is 2.58. The maximum absolute atomic E-state index is 15.7. The first kappa shape index (κ1) is 26.2. The molecule has 0 fully saturated rings. The summed E-state index contributed by atoms with van der Waals surface area (Å²) in [5.41, 5.74) is 3.03. The molecule has 0 aliphatic carbocycles. The Morgan fingerprint density at radius 2 is 2.00 bits per heavy atom. The van der Waals surface area contributed by atoms with Crippen LogP contribution in [0.1, 0.15) is 43.7 Å². The van der Waals surface area contributed by atoms with Crippen molar-refractivity contribution in [3.8, 4) is 28.7 Å². The van der Waals surface area contributed by atoms with Gasteiger partial charge in [0.05, 0.1) is 24.4 Å². The standard InChI is InChI=1S/C27H25ClFN3O5/c1-26(2,3)24(36-25(31)34)27(18-7-5-6-12-32-18)23(33)21-16(37-27)11-9-15(28)20(21)19-14(13-30)8-10-17(35-4)22(19)29/h5-12,23-24,33H,1-4H3,(H2,31,34). The van der Waals surface area contributed by atoms with Crippen LogP contribution < -0.4 is 15.2 Å². The molecular formula is C27H25ClFN3O5. The molecule has 0 saturated carbocycles. The summed E-state index contributed by atoms with van der Waals surface area (Å²) in [5.74, 6) is -0.803. The van der Waals surface area contributed by atoms with Crippen LogP contribution in [0.2, 0.25) is 5.02 Å². The van der Waals surface area contributed by atoms with E-state index in [0.717, 1.165) is 0 Å². The van der Waals surface area contributed by atoms with E-state index in [-0.39, 0.29) is 44.5 Å². The summed E-state index contributed by atoms with van der Waals surface area (Å²) in [6.07, 6.45) is -2.31. The number of nitriles is 1. The molecule has 3 atom stereocenters. The molecule has 2 aromatic carbocycles. The van der Waals surface area contributed by atoms with Gasteiger partial charge in [-0.2, -0.15) is 5.26 Å². The molecule has 1 aromatic heterocycles. The number of ether oxygens (including phenoxy) is 3. The van der Waals surface area contributed by atoms with E-state index in [1.807, 2.05) is 6.07 Å². The molecule has 0 radical (unpaired) electrons. The summed E-state index contributed by atoms with van der Waals surface area (Å²) >= 11 is 6.59. The number of pyridine rings is 1. The molecule has 1 amide bonds. The first-order chi connectivity index (χ1) is 17.5. The molecule has 0 spiro atoms. The number of amides is 1. The summed E-state index contributed by atoms with van der Waals surface area (Å²) < 4.78 is 32.8. The van der Waals surface area contributed by atoms with Gasteiger partial charge >= 0.3 is 6.09 Å². The summed E-state index contributed by atoms with van der Waals surface area (Å²) in [7, 11) is 1.30. The number of fused-ring (bicyclic) bond motifs is 1. The fraction of sp³-hybridized carbons (Fsp3) is 0.296. The van der Waals surface area contributed by atoms with Gasteiger partial charge in [-0.15, -0.1) is 0 Å². The summed E-state index contributed by atoms with van der Waals surface area (Å²) in [6.45, 7) is 5.36. The number of aliphatic hydroxyl groups is 1. The second kappa shape index (κ2) is 9.54. The van der Waals surface area contributed by atoms with E-state index < -0.39 is 35.1 Å². The zero-order valence-electron chi connectivity index (χ0n) is 20.6. The minimum atomic E-state index is -1.79. The van der Waals surface area contributed by atoms with Crippen LogP contribution in [0.5, 0.6) is 11.5 Å². The van der Waals surface area contributed by atoms with Crippen molar-refractivity contribution in [1.82, 2.24) is 4.98 Å². The number of methoxy groups -OCH3 is 1. The first-order valence-corrected chi connectivity index (χ1v) is 11.7. The van der Waals surface area contributed by atoms with E-state index in [9.17, 15) is 15.2 Å². The lowest BCUT2D eigenvalue weighted by Gasteiger charge is -2.43. The summed E-state index contributed by atoms with van der Waals surface area (Å²) in [5, 5.41) is 21.9. The Balaban J connectivity index is 2.07. The van der Waals surface area contributed by atoms with E-state index in [0.29, 0.717) is 0 Å². The Labute approximate surface area is 218 Å². The highest BCUT2D eigenvalue weighted by Gasteiger charge is 2.61. The zero-order chi connectivity index (χ0) is 27.1. The molecule has 1 aliphatic rings. The van der Waals surface area contributed by atoms with E-state index in [4.69, 9.17) is 31.5 Å². The van der Waals surface area contributed by atoms with Gasteiger partial charge in [0.1, 0.15) is 11.9 Å². The second-order valence-corrected chi connectivity index (χ2v) is 10.1. The number of aromatic nitrogens is 1. The number of rotatable bonds is 5. The SMILES string of the molecule is COc1ccc(C#N)c(-c2c(Cl)ccc3c2C(O)C(c2ccccn2)(C(OC(N)=O)C(C)(C)C)O3)c1F. The smallest absolute Gasteiger partial charge is 0.404 e. The highest BCUT2D eigenvalue weighted by molar-refractivity contribution is 6.33. The molecule has 3 aromatic rings. The summed E-state index contributed by atoms with van der Waals surface area (Å²) in [6, 6.07) is 12.7. The maximum Gasteiger partial charge on any atom is 0.404 e. The average Bonchev–Trinajstić information content (AvgIpc) is 3.15. The third-order valence-corrected chi connectivity index (χ3v) is 6.60. The second-order valence-electron chi connectivity index (χ2n) is 9.65. The van der Waals surface area contributed by atoms with E-state index in [1.165, 1.54) is 37.6 Å². The number of primary amides is 1. The van der Waals surface area contributed by atoms with Crippen LogP contribution in [0.4, 0.5) is 9.18 Å². The quantitative estimate of drug-likeness (QED) is 0.465. The van der Waals surface area contributed by atoms with Crippen molar-refractivity contribution in [2.75, 3.05) is 7.11 Å². The number of carbonyl (C=O) groups is 1. The van der Waals surface area contributed by atoms with Gasteiger partial charge in [-0.3, -0.25) is 4.98 Å². The third-order valence-electron chi connectivity index (χ3n) is 6.29. The third kappa shape index (κ3) is 4.22. The molecule has 1 aliphatic heterocycles. The minimum Gasteiger partial charge on any atom is -0.494 e. The number of nitrogens with two attached hydrogens (primary N) is 1. The van der Waals surface area contributed by atoms with Crippen LogP contribution in [-0.4, -0.2) is 29.4 Å². The van der Waals surface area contributed by atoms with Gasteiger partial charge in [-0.05, 0) is 36.4 Å². The van der Waals surface area contributed by atoms with Crippen LogP contribution in [-0.2, 0) is 10.3 Å². The van der Waals surface area contributed by atoms with Gasteiger partial charge in [-0.25, -0.2) is 9.18 Å². The molecule has 2 heterocycles. The predicted octanol–water partition coefficient (Wildman–Crippen LogP) is 5.25. The molecule has 0 bridgehead atoms. The Morgan fingerprint density at radius 1 is 1.27 bits per heavy atom. The molecule has 4 rings (SSSR count). The van der Waals surface area contributed by atoms with Crippen LogP contribution in [0.15, 0.2) is 48.7 Å². The first-order valence-electron chi connectivity index (χ1n) is 11.3. The van der Waals surface area contributed by atoms with Crippen molar-refractivity contribution in [2.45, 2.75) is 38.6 Å². The van der Waals surface area contributed by atoms with Gasteiger partial charge in [0.2, 0.25) is 5.60 Å². The Hall–Kier alpha value is -3.87. The number of halogens is 2. The van der Waals surface area contributed by atoms with Crippen LogP contribution in [0.3, 0.4) is 0 Å². The number of benzene rings is 2. The van der Waals surface area contributed by atoms with Gasteiger partial charge in [0, 0.05) is 33.3 Å². The van der Waals surface area contributed by atoms with Crippen LogP contribution in [0, 0.1) is 22.6 Å². The van der Waals surface area contributed by atoms with Crippen LogP contribution >= 0.6 is 11.6 Å². The number of hydrogen-bond donors (Lipinski definition) is 2.